The Bertz CT molecular complexity index is 912. The number of thiocarbonyl (C=S) groups is 1. The van der Waals surface area contributed by atoms with E-state index in [-0.39, 0.29) is 29.9 Å². The molecule has 0 aromatic heterocycles. The zero-order chi connectivity index (χ0) is 22.2. The molecular formula is C21H20F3N3O2S. The minimum absolute atomic E-state index is 0.000879. The third-order valence-corrected chi connectivity index (χ3v) is 4.59. The third-order valence-electron chi connectivity index (χ3n) is 4.39. The quantitative estimate of drug-likeness (QED) is 0.532. The summed E-state index contributed by atoms with van der Waals surface area (Å²) in [6, 6.07) is 16.4. The first-order valence-electron chi connectivity index (χ1n) is 9.03. The van der Waals surface area contributed by atoms with Crippen molar-refractivity contribution in [3.8, 4) is 6.07 Å². The van der Waals surface area contributed by atoms with E-state index in [9.17, 15) is 23.1 Å². The van der Waals surface area contributed by atoms with E-state index in [0.717, 1.165) is 5.56 Å². The van der Waals surface area contributed by atoms with Crippen LogP contribution in [0.2, 0.25) is 0 Å². The lowest BCUT2D eigenvalue weighted by atomic mass is 9.86. The van der Waals surface area contributed by atoms with Gasteiger partial charge in [0.15, 0.2) is 5.11 Å². The van der Waals surface area contributed by atoms with Crippen LogP contribution in [0.5, 0.6) is 0 Å². The van der Waals surface area contributed by atoms with E-state index < -0.39 is 24.1 Å². The normalized spacial score (nSPS) is 13.0. The Morgan fingerprint density at radius 3 is 2.17 bits per heavy atom. The first-order valence-corrected chi connectivity index (χ1v) is 9.43. The van der Waals surface area contributed by atoms with E-state index in [1.807, 2.05) is 12.1 Å². The maximum Gasteiger partial charge on any atom is 0.393 e. The number of aliphatic carboxylic acids is 1. The van der Waals surface area contributed by atoms with Gasteiger partial charge >= 0.3 is 12.1 Å². The van der Waals surface area contributed by atoms with Gasteiger partial charge in [-0.2, -0.15) is 18.4 Å². The molecule has 2 aromatic carbocycles. The van der Waals surface area contributed by atoms with Crippen molar-refractivity contribution in [2.45, 2.75) is 37.4 Å². The van der Waals surface area contributed by atoms with E-state index in [4.69, 9.17) is 17.5 Å². The molecule has 0 aliphatic carbocycles. The molecule has 0 amide bonds. The number of carboxylic acids is 1. The number of alkyl halides is 3. The van der Waals surface area contributed by atoms with Crippen LogP contribution >= 0.6 is 12.2 Å². The molecule has 1 atom stereocenters. The minimum Gasteiger partial charge on any atom is -0.479 e. The second kappa shape index (κ2) is 10.1. The zero-order valence-electron chi connectivity index (χ0n) is 15.9. The highest BCUT2D eigenvalue weighted by Gasteiger charge is 2.39. The summed E-state index contributed by atoms with van der Waals surface area (Å²) in [5.74, 6) is -1.16. The lowest BCUT2D eigenvalue weighted by Gasteiger charge is -2.31. The van der Waals surface area contributed by atoms with Crippen LogP contribution in [-0.2, 0) is 17.6 Å². The molecule has 30 heavy (non-hydrogen) atoms. The summed E-state index contributed by atoms with van der Waals surface area (Å²) < 4.78 is 37.4. The Morgan fingerprint density at radius 2 is 1.63 bits per heavy atom. The molecule has 3 N–H and O–H groups in total. The Labute approximate surface area is 177 Å². The Kier molecular flexibility index (Phi) is 7.78. The van der Waals surface area contributed by atoms with Crippen LogP contribution in [0.15, 0.2) is 54.6 Å². The lowest BCUT2D eigenvalue weighted by Crippen LogP contribution is -2.57. The molecule has 0 spiro atoms. The van der Waals surface area contributed by atoms with Crippen molar-refractivity contribution in [2.24, 2.45) is 0 Å². The van der Waals surface area contributed by atoms with Crippen LogP contribution in [0.25, 0.3) is 0 Å². The summed E-state index contributed by atoms with van der Waals surface area (Å²) in [7, 11) is 0. The van der Waals surface area contributed by atoms with Crippen molar-refractivity contribution >= 4 is 29.0 Å². The molecule has 0 saturated heterocycles. The number of benzene rings is 2. The number of nitrogens with one attached hydrogen (secondary N) is 2. The summed E-state index contributed by atoms with van der Waals surface area (Å²) >= 11 is 5.24. The van der Waals surface area contributed by atoms with E-state index in [2.05, 4.69) is 10.6 Å². The van der Waals surface area contributed by atoms with Crippen LogP contribution in [-0.4, -0.2) is 27.9 Å². The van der Waals surface area contributed by atoms with Crippen molar-refractivity contribution in [1.29, 1.82) is 5.26 Å². The van der Waals surface area contributed by atoms with Crippen molar-refractivity contribution in [3.05, 3.63) is 65.7 Å². The van der Waals surface area contributed by atoms with Gasteiger partial charge in [-0.1, -0.05) is 42.5 Å². The zero-order valence-corrected chi connectivity index (χ0v) is 16.7. The van der Waals surface area contributed by atoms with Crippen LogP contribution in [0.3, 0.4) is 0 Å². The van der Waals surface area contributed by atoms with Crippen LogP contribution in [0.4, 0.5) is 18.9 Å². The highest BCUT2D eigenvalue weighted by atomic mass is 32.1. The average Bonchev–Trinajstić information content (AvgIpc) is 2.67. The van der Waals surface area contributed by atoms with Crippen molar-refractivity contribution in [3.63, 3.8) is 0 Å². The predicted molar refractivity (Wildman–Crippen MR) is 111 cm³/mol. The number of nitrogens with zero attached hydrogens (tertiary/aromatic N) is 1. The van der Waals surface area contributed by atoms with Gasteiger partial charge in [0.25, 0.3) is 0 Å². The van der Waals surface area contributed by atoms with Gasteiger partial charge < -0.3 is 15.7 Å². The van der Waals surface area contributed by atoms with Gasteiger partial charge in [0.05, 0.1) is 12.5 Å². The first kappa shape index (κ1) is 23.2. The summed E-state index contributed by atoms with van der Waals surface area (Å²) in [5.41, 5.74) is -0.246. The molecule has 158 valence electrons. The van der Waals surface area contributed by atoms with Crippen LogP contribution in [0, 0.1) is 11.3 Å². The van der Waals surface area contributed by atoms with E-state index in [0.29, 0.717) is 5.69 Å². The number of nitriles is 1. The van der Waals surface area contributed by atoms with Gasteiger partial charge in [-0.3, -0.25) is 0 Å². The number of carbonyl (C=O) groups is 1. The first-order chi connectivity index (χ1) is 14.1. The van der Waals surface area contributed by atoms with Crippen molar-refractivity contribution in [2.75, 3.05) is 5.32 Å². The summed E-state index contributed by atoms with van der Waals surface area (Å²) in [6.07, 6.45) is -5.23. The Balaban J connectivity index is 2.15. The highest BCUT2D eigenvalue weighted by molar-refractivity contribution is 7.80. The number of halogens is 3. The Hall–Kier alpha value is -3.12. The molecule has 9 heteroatoms. The minimum atomic E-state index is -4.30. The molecule has 2 aromatic rings. The van der Waals surface area contributed by atoms with E-state index >= 15 is 0 Å². The van der Waals surface area contributed by atoms with Gasteiger partial charge in [-0.05, 0) is 41.9 Å². The second-order valence-electron chi connectivity index (χ2n) is 6.78. The topological polar surface area (TPSA) is 85.2 Å². The maximum atomic E-state index is 12.5. The van der Waals surface area contributed by atoms with Crippen LogP contribution < -0.4 is 10.6 Å². The van der Waals surface area contributed by atoms with Gasteiger partial charge in [0.2, 0.25) is 0 Å². The molecule has 1 unspecified atom stereocenters. The van der Waals surface area contributed by atoms with E-state index in [1.165, 1.54) is 24.3 Å². The molecule has 0 radical (unpaired) electrons. The lowest BCUT2D eigenvalue weighted by molar-refractivity contribution is -0.144. The molecule has 5 nitrogen and oxygen atoms in total. The van der Waals surface area contributed by atoms with Crippen LogP contribution in [0.1, 0.15) is 24.0 Å². The SMILES string of the molecule is N#CCCC(Cc1ccccc1)(NC(=S)Nc1ccc(CC(F)(F)F)cc1)C(=O)O. The third kappa shape index (κ3) is 7.04. The molecular weight excluding hydrogens is 415 g/mol. The number of anilines is 1. The average molecular weight is 435 g/mol. The molecule has 0 fully saturated rings. The van der Waals surface area contributed by atoms with Gasteiger partial charge in [0.1, 0.15) is 5.54 Å². The maximum absolute atomic E-state index is 12.5. The number of hydrogen-bond acceptors (Lipinski definition) is 3. The molecule has 0 bridgehead atoms. The molecule has 2 rings (SSSR count). The second-order valence-corrected chi connectivity index (χ2v) is 7.18. The molecule has 0 saturated carbocycles. The standard InChI is InChI=1S/C21H20F3N3O2S/c22-21(23,24)14-16-7-9-17(10-8-16)26-19(30)27-20(18(28)29,11-4-12-25)13-15-5-2-1-3-6-15/h1-3,5-10H,4,11,13-14H2,(H,28,29)(H2,26,27,30). The summed E-state index contributed by atoms with van der Waals surface area (Å²) in [5, 5.41) is 24.5. The fourth-order valence-corrected chi connectivity index (χ4v) is 3.27. The predicted octanol–water partition coefficient (Wildman–Crippen LogP) is 4.45. The largest absolute Gasteiger partial charge is 0.479 e. The molecule has 0 heterocycles. The van der Waals surface area contributed by atoms with Gasteiger partial charge in [-0.25, -0.2) is 4.79 Å². The van der Waals surface area contributed by atoms with E-state index in [1.54, 1.807) is 24.3 Å². The number of hydrogen-bond donors (Lipinski definition) is 3. The molecule has 0 aliphatic heterocycles. The monoisotopic (exact) mass is 435 g/mol. The van der Waals surface area contributed by atoms with Gasteiger partial charge in [-0.15, -0.1) is 0 Å². The Morgan fingerprint density at radius 1 is 1.03 bits per heavy atom. The fourth-order valence-electron chi connectivity index (χ4n) is 2.96. The number of carboxylic acid groups (broad SMARTS) is 1. The number of rotatable bonds is 8. The smallest absolute Gasteiger partial charge is 0.393 e. The fraction of sp³-hybridized carbons (Fsp3) is 0.286. The van der Waals surface area contributed by atoms with Crippen molar-refractivity contribution < 1.29 is 23.1 Å². The highest BCUT2D eigenvalue weighted by Crippen LogP contribution is 2.23. The van der Waals surface area contributed by atoms with Gasteiger partial charge in [0, 0.05) is 18.5 Å². The summed E-state index contributed by atoms with van der Waals surface area (Å²) in [6.45, 7) is 0. The van der Waals surface area contributed by atoms with Crippen molar-refractivity contribution in [1.82, 2.24) is 5.32 Å². The summed E-state index contributed by atoms with van der Waals surface area (Å²) in [4.78, 5) is 12.1. The molecule has 0 aliphatic rings.